The van der Waals surface area contributed by atoms with Crippen LogP contribution in [0.2, 0.25) is 0 Å². The first kappa shape index (κ1) is 36.3. The number of anilines is 2. The standard InChI is InChI=1S/C37H32F7N9O2S/c1-35(55)14-52(15-35)34-48-33-25(56-34)12-22(19-4-3-5-21-29(19)51(2)50-32(21)45)28(47-33)24(10-16-8-17(38)11-18(39)9-16)46-26(54)13-53-31-27(30(49-53)37(42,43)44)20-6-7-23(20)36(31,40)41/h3-5,8-9,11-12,20,23-24,55H,6-7,10,13-15H2,1-2H3,(H2,45,50)(H,46,54)/t20-,23+,24-/m0/s1. The summed E-state index contributed by atoms with van der Waals surface area (Å²) in [5.74, 6) is -8.57. The minimum absolute atomic E-state index is 0.0313. The molecule has 3 aliphatic rings. The van der Waals surface area contributed by atoms with Crippen molar-refractivity contribution in [1.82, 2.24) is 34.8 Å². The summed E-state index contributed by atoms with van der Waals surface area (Å²) < 4.78 is 106. The first-order chi connectivity index (χ1) is 26.4. The molecule has 0 spiro atoms. The van der Waals surface area contributed by atoms with Crippen LogP contribution in [0.25, 0.3) is 32.4 Å². The summed E-state index contributed by atoms with van der Waals surface area (Å²) in [6.45, 7) is 1.32. The molecule has 1 saturated heterocycles. The van der Waals surface area contributed by atoms with Crippen LogP contribution in [0.15, 0.2) is 42.5 Å². The van der Waals surface area contributed by atoms with E-state index in [0.29, 0.717) is 55.7 Å². The monoisotopic (exact) mass is 799 g/mol. The Balaban J connectivity index is 1.18. The number of aromatic nitrogens is 6. The third kappa shape index (κ3) is 5.84. The summed E-state index contributed by atoms with van der Waals surface area (Å²) in [6, 6.07) is 8.61. The van der Waals surface area contributed by atoms with Crippen LogP contribution in [-0.4, -0.2) is 59.2 Å². The van der Waals surface area contributed by atoms with Crippen LogP contribution in [0.5, 0.6) is 0 Å². The lowest BCUT2D eigenvalue weighted by Gasteiger charge is -2.43. The molecule has 4 N–H and O–H groups in total. The minimum atomic E-state index is -5.04. The zero-order valence-corrected chi connectivity index (χ0v) is 30.4. The van der Waals surface area contributed by atoms with Crippen LogP contribution in [0.4, 0.5) is 41.7 Å². The summed E-state index contributed by atoms with van der Waals surface area (Å²) in [6.07, 6.45) is -5.16. The average Bonchev–Trinajstić information content (AvgIpc) is 3.77. The predicted molar refractivity (Wildman–Crippen MR) is 192 cm³/mol. The largest absolute Gasteiger partial charge is 0.435 e. The average molecular weight is 800 g/mol. The Morgan fingerprint density at radius 1 is 1.07 bits per heavy atom. The molecule has 292 valence electrons. The number of thiazole rings is 1. The van der Waals surface area contributed by atoms with Crippen LogP contribution in [0, 0.1) is 17.6 Å². The zero-order chi connectivity index (χ0) is 39.6. The molecule has 56 heavy (non-hydrogen) atoms. The van der Waals surface area contributed by atoms with Crippen molar-refractivity contribution in [1.29, 1.82) is 0 Å². The lowest BCUT2D eigenvalue weighted by molar-refractivity contribution is -0.144. The number of carbonyl (C=O) groups is 1. The van der Waals surface area contributed by atoms with Gasteiger partial charge in [-0.25, -0.2) is 13.8 Å². The number of carbonyl (C=O) groups excluding carboxylic acids is 1. The zero-order valence-electron chi connectivity index (χ0n) is 29.6. The molecule has 6 aromatic rings. The summed E-state index contributed by atoms with van der Waals surface area (Å²) in [4.78, 5) is 25.5. The molecule has 2 aliphatic carbocycles. The normalized spacial score (nSPS) is 20.1. The van der Waals surface area contributed by atoms with Gasteiger partial charge >= 0.3 is 6.18 Å². The Labute approximate surface area is 316 Å². The Kier molecular flexibility index (Phi) is 8.01. The van der Waals surface area contributed by atoms with Crippen LogP contribution in [-0.2, 0) is 36.9 Å². The Bertz CT molecular complexity index is 2570. The number of aliphatic hydroxyl groups is 1. The molecule has 0 bridgehead atoms. The molecular formula is C37H32F7N9O2S. The summed E-state index contributed by atoms with van der Waals surface area (Å²) >= 11 is 1.30. The molecule has 0 unspecified atom stereocenters. The van der Waals surface area contributed by atoms with Crippen molar-refractivity contribution in [2.45, 2.75) is 62.4 Å². The highest BCUT2D eigenvalue weighted by Gasteiger charge is 2.63. The van der Waals surface area contributed by atoms with Gasteiger partial charge in [0.2, 0.25) is 5.91 Å². The number of benzene rings is 2. The molecule has 2 aromatic carbocycles. The number of para-hydroxylation sites is 1. The Morgan fingerprint density at radius 3 is 2.46 bits per heavy atom. The molecule has 0 radical (unpaired) electrons. The minimum Gasteiger partial charge on any atom is -0.386 e. The number of nitrogen functional groups attached to an aromatic ring is 1. The van der Waals surface area contributed by atoms with E-state index in [9.17, 15) is 31.9 Å². The first-order valence-corrected chi connectivity index (χ1v) is 18.5. The van der Waals surface area contributed by atoms with Gasteiger partial charge in [-0.05, 0) is 61.9 Å². The Morgan fingerprint density at radius 2 is 1.80 bits per heavy atom. The molecule has 3 atom stereocenters. The van der Waals surface area contributed by atoms with E-state index in [4.69, 9.17) is 15.7 Å². The van der Waals surface area contributed by atoms with E-state index in [-0.39, 0.29) is 42.0 Å². The van der Waals surface area contributed by atoms with Gasteiger partial charge in [0, 0.05) is 41.1 Å². The molecule has 1 saturated carbocycles. The smallest absolute Gasteiger partial charge is 0.386 e. The molecule has 11 nitrogen and oxygen atoms in total. The number of nitrogens with zero attached hydrogens (tertiary/aromatic N) is 7. The van der Waals surface area contributed by atoms with Gasteiger partial charge < -0.3 is 21.1 Å². The van der Waals surface area contributed by atoms with Crippen LogP contribution >= 0.6 is 11.3 Å². The fourth-order valence-corrected chi connectivity index (χ4v) is 9.44. The lowest BCUT2D eigenvalue weighted by atomic mass is 9.73. The summed E-state index contributed by atoms with van der Waals surface area (Å²) in [5.41, 5.74) is 4.41. The van der Waals surface area contributed by atoms with Crippen LogP contribution in [0.3, 0.4) is 0 Å². The number of β-amino-alcohol motifs (C(OH)–C–C–N with tert-alkyl or cyclic N) is 1. The molecule has 19 heteroatoms. The van der Waals surface area contributed by atoms with Gasteiger partial charge in [-0.15, -0.1) is 0 Å². The second-order valence-corrected chi connectivity index (χ2v) is 16.1. The van der Waals surface area contributed by atoms with Crippen molar-refractivity contribution in [2.75, 3.05) is 23.7 Å². The fraction of sp³-hybridized carbons (Fsp3) is 0.378. The molecule has 1 amide bonds. The number of hydrogen-bond acceptors (Lipinski definition) is 9. The molecule has 5 heterocycles. The van der Waals surface area contributed by atoms with Gasteiger partial charge in [-0.1, -0.05) is 23.5 Å². The maximum Gasteiger partial charge on any atom is 0.435 e. The maximum atomic E-state index is 15.6. The van der Waals surface area contributed by atoms with Gasteiger partial charge in [0.05, 0.1) is 40.6 Å². The van der Waals surface area contributed by atoms with Gasteiger partial charge in [0.15, 0.2) is 22.3 Å². The Hall–Kier alpha value is -5.30. The third-order valence-electron chi connectivity index (χ3n) is 10.9. The second-order valence-electron chi connectivity index (χ2n) is 15.1. The van der Waals surface area contributed by atoms with E-state index in [1.165, 1.54) is 11.3 Å². The molecule has 2 fully saturated rings. The number of aryl methyl sites for hydroxylation is 1. The molecule has 9 rings (SSSR count). The highest BCUT2D eigenvalue weighted by Crippen LogP contribution is 2.64. The molecule has 4 aromatic heterocycles. The quantitative estimate of drug-likeness (QED) is 0.147. The molecular weight excluding hydrogens is 768 g/mol. The second kappa shape index (κ2) is 12.3. The van der Waals surface area contributed by atoms with E-state index in [0.717, 1.165) is 12.1 Å². The number of alkyl halides is 5. The van der Waals surface area contributed by atoms with Gasteiger partial charge in [-0.2, -0.15) is 37.1 Å². The van der Waals surface area contributed by atoms with E-state index in [2.05, 4.69) is 15.5 Å². The number of rotatable bonds is 8. The SMILES string of the molecule is Cn1nc(N)c2cccc(-c3cc4sc(N5CC(C)(O)C5)nc4nc3[C@H](Cc3cc(F)cc(F)c3)NC(=O)Cn3nc(C(F)(F)F)c4c3C(F)(F)[C@@H]3CC[C@H]43)c21. The van der Waals surface area contributed by atoms with Crippen molar-refractivity contribution >= 4 is 49.4 Å². The van der Waals surface area contributed by atoms with E-state index in [1.54, 1.807) is 42.9 Å². The number of fused-ring (bicyclic) bond motifs is 5. The van der Waals surface area contributed by atoms with E-state index < -0.39 is 76.6 Å². The van der Waals surface area contributed by atoms with Crippen molar-refractivity contribution in [3.8, 4) is 11.1 Å². The first-order valence-electron chi connectivity index (χ1n) is 17.7. The van der Waals surface area contributed by atoms with E-state index >= 15 is 8.78 Å². The van der Waals surface area contributed by atoms with E-state index in [1.807, 2.05) is 4.90 Å². The van der Waals surface area contributed by atoms with Crippen molar-refractivity contribution < 1.29 is 40.6 Å². The number of amides is 1. The van der Waals surface area contributed by atoms with Crippen molar-refractivity contribution in [3.05, 3.63) is 82.3 Å². The summed E-state index contributed by atoms with van der Waals surface area (Å²) in [5, 5.41) is 22.1. The number of hydrogen-bond donors (Lipinski definition) is 3. The highest BCUT2D eigenvalue weighted by molar-refractivity contribution is 7.22. The fourth-order valence-electron chi connectivity index (χ4n) is 8.49. The van der Waals surface area contributed by atoms with Gasteiger partial charge in [0.1, 0.15) is 23.9 Å². The predicted octanol–water partition coefficient (Wildman–Crippen LogP) is 6.59. The number of halogens is 7. The lowest BCUT2D eigenvalue weighted by Crippen LogP contribution is -2.60. The van der Waals surface area contributed by atoms with Gasteiger partial charge in [-0.3, -0.25) is 14.2 Å². The number of pyridine rings is 1. The third-order valence-corrected chi connectivity index (χ3v) is 12.0. The van der Waals surface area contributed by atoms with Crippen molar-refractivity contribution in [2.24, 2.45) is 13.0 Å². The number of nitrogens with one attached hydrogen (secondary N) is 1. The van der Waals surface area contributed by atoms with Crippen LogP contribution < -0.4 is 16.0 Å². The highest BCUT2D eigenvalue weighted by atomic mass is 32.1. The van der Waals surface area contributed by atoms with Crippen LogP contribution in [0.1, 0.15) is 59.9 Å². The number of nitrogens with two attached hydrogens (primary N) is 1. The maximum absolute atomic E-state index is 15.6. The molecule has 1 aliphatic heterocycles. The topological polar surface area (TPSA) is 140 Å². The summed E-state index contributed by atoms with van der Waals surface area (Å²) in [7, 11) is 1.68. The van der Waals surface area contributed by atoms with Crippen molar-refractivity contribution in [3.63, 3.8) is 0 Å². The van der Waals surface area contributed by atoms with Gasteiger partial charge in [0.25, 0.3) is 5.92 Å².